The maximum atomic E-state index is 2.34. The molecule has 0 aromatic carbocycles. The number of fused-ring (bicyclic) bond motifs is 1. The summed E-state index contributed by atoms with van der Waals surface area (Å²) in [5.41, 5.74) is 0. The molecule has 0 heteroatoms. The molecular weight excluding hydrogens is 132 g/mol. The van der Waals surface area contributed by atoms with E-state index in [1.54, 1.807) is 19.3 Å². The molecule has 0 bridgehead atoms. The molecule has 11 heavy (non-hydrogen) atoms. The second kappa shape index (κ2) is 2.80. The van der Waals surface area contributed by atoms with Gasteiger partial charge in [0.1, 0.15) is 0 Å². The highest BCUT2D eigenvalue weighted by molar-refractivity contribution is 4.95. The molecule has 2 saturated carbocycles. The van der Waals surface area contributed by atoms with Crippen LogP contribution < -0.4 is 0 Å². The highest BCUT2D eigenvalue weighted by atomic mass is 14.5. The minimum Gasteiger partial charge on any atom is -0.0628 e. The minimum atomic E-state index is 0.923. The van der Waals surface area contributed by atoms with E-state index in [1.165, 1.54) is 24.7 Å². The maximum absolute atomic E-state index is 2.34. The van der Waals surface area contributed by atoms with Crippen LogP contribution in [0.3, 0.4) is 0 Å². The van der Waals surface area contributed by atoms with Crippen molar-refractivity contribution in [2.24, 2.45) is 23.7 Å². The zero-order valence-corrected chi connectivity index (χ0v) is 7.84. The monoisotopic (exact) mass is 152 g/mol. The summed E-state index contributed by atoms with van der Waals surface area (Å²) in [7, 11) is 0. The third-order valence-corrected chi connectivity index (χ3v) is 3.49. The summed E-state index contributed by atoms with van der Waals surface area (Å²) in [6.07, 6.45) is 7.72. The Bertz CT molecular complexity index is 127. The van der Waals surface area contributed by atoms with Crippen LogP contribution in [0.15, 0.2) is 0 Å². The van der Waals surface area contributed by atoms with Crippen molar-refractivity contribution in [3.8, 4) is 0 Å². The van der Waals surface area contributed by atoms with Crippen LogP contribution in [-0.2, 0) is 0 Å². The Balaban J connectivity index is 1.64. The van der Waals surface area contributed by atoms with E-state index in [1.807, 2.05) is 0 Å². The second-order valence-corrected chi connectivity index (χ2v) is 5.06. The molecule has 0 N–H and O–H groups in total. The van der Waals surface area contributed by atoms with Gasteiger partial charge in [0.2, 0.25) is 0 Å². The van der Waals surface area contributed by atoms with Gasteiger partial charge in [0.15, 0.2) is 0 Å². The fourth-order valence-electron chi connectivity index (χ4n) is 2.64. The van der Waals surface area contributed by atoms with Gasteiger partial charge in [-0.2, -0.15) is 0 Å². The Morgan fingerprint density at radius 3 is 2.27 bits per heavy atom. The summed E-state index contributed by atoms with van der Waals surface area (Å²) >= 11 is 0. The van der Waals surface area contributed by atoms with Gasteiger partial charge in [0, 0.05) is 0 Å². The van der Waals surface area contributed by atoms with Crippen LogP contribution in [0.1, 0.15) is 46.0 Å². The van der Waals surface area contributed by atoms with Crippen LogP contribution in [0.4, 0.5) is 0 Å². The summed E-state index contributed by atoms with van der Waals surface area (Å²) < 4.78 is 0. The van der Waals surface area contributed by atoms with E-state index in [0.29, 0.717) is 0 Å². The second-order valence-electron chi connectivity index (χ2n) is 5.06. The van der Waals surface area contributed by atoms with Crippen molar-refractivity contribution < 1.29 is 0 Å². The molecule has 0 aromatic heterocycles. The van der Waals surface area contributed by atoms with Gasteiger partial charge in [0.05, 0.1) is 0 Å². The summed E-state index contributed by atoms with van der Waals surface area (Å²) in [5.74, 6) is 4.42. The van der Waals surface area contributed by atoms with Gasteiger partial charge >= 0.3 is 0 Å². The van der Waals surface area contributed by atoms with Gasteiger partial charge in [-0.15, -0.1) is 0 Å². The SMILES string of the molecule is CC(C)CCC1CC2CC2C1. The van der Waals surface area contributed by atoms with Crippen molar-refractivity contribution in [2.45, 2.75) is 46.0 Å². The highest BCUT2D eigenvalue weighted by Crippen LogP contribution is 2.55. The van der Waals surface area contributed by atoms with E-state index in [-0.39, 0.29) is 0 Å². The molecule has 2 rings (SSSR count). The molecule has 0 aromatic rings. The average molecular weight is 152 g/mol. The van der Waals surface area contributed by atoms with E-state index < -0.39 is 0 Å². The van der Waals surface area contributed by atoms with E-state index in [0.717, 1.165) is 11.8 Å². The van der Waals surface area contributed by atoms with Crippen molar-refractivity contribution in [1.29, 1.82) is 0 Å². The van der Waals surface area contributed by atoms with Gasteiger partial charge in [0.25, 0.3) is 0 Å². The predicted octanol–water partition coefficient (Wildman–Crippen LogP) is 3.47. The zero-order chi connectivity index (χ0) is 7.84. The third-order valence-electron chi connectivity index (χ3n) is 3.49. The van der Waals surface area contributed by atoms with Crippen molar-refractivity contribution in [3.63, 3.8) is 0 Å². The van der Waals surface area contributed by atoms with Crippen LogP contribution >= 0.6 is 0 Å². The molecule has 0 saturated heterocycles. The lowest BCUT2D eigenvalue weighted by Crippen LogP contribution is -1.99. The number of hydrogen-bond acceptors (Lipinski definition) is 0. The van der Waals surface area contributed by atoms with Crippen LogP contribution in [0.25, 0.3) is 0 Å². The minimum absolute atomic E-state index is 0.923. The van der Waals surface area contributed by atoms with E-state index >= 15 is 0 Å². The quantitative estimate of drug-likeness (QED) is 0.581. The summed E-state index contributed by atoms with van der Waals surface area (Å²) in [4.78, 5) is 0. The zero-order valence-electron chi connectivity index (χ0n) is 7.84. The first-order valence-corrected chi connectivity index (χ1v) is 5.25. The van der Waals surface area contributed by atoms with E-state index in [2.05, 4.69) is 13.8 Å². The average Bonchev–Trinajstić information content (AvgIpc) is 2.56. The Kier molecular flexibility index (Phi) is 1.95. The topological polar surface area (TPSA) is 0 Å². The molecule has 2 fully saturated rings. The van der Waals surface area contributed by atoms with Gasteiger partial charge in [-0.1, -0.05) is 26.7 Å². The predicted molar refractivity (Wildman–Crippen MR) is 48.4 cm³/mol. The van der Waals surface area contributed by atoms with Crippen LogP contribution in [0.5, 0.6) is 0 Å². The molecule has 0 spiro atoms. The lowest BCUT2D eigenvalue weighted by atomic mass is 9.94. The van der Waals surface area contributed by atoms with Gasteiger partial charge in [-0.05, 0) is 42.9 Å². The Morgan fingerprint density at radius 1 is 1.09 bits per heavy atom. The molecule has 0 aliphatic heterocycles. The van der Waals surface area contributed by atoms with Crippen LogP contribution in [0.2, 0.25) is 0 Å². The van der Waals surface area contributed by atoms with Crippen LogP contribution in [-0.4, -0.2) is 0 Å². The first kappa shape index (κ1) is 7.64. The van der Waals surface area contributed by atoms with Crippen molar-refractivity contribution >= 4 is 0 Å². The summed E-state index contributed by atoms with van der Waals surface area (Å²) in [5, 5.41) is 0. The smallest absolute Gasteiger partial charge is 0.0380 e. The fourth-order valence-corrected chi connectivity index (χ4v) is 2.64. The maximum Gasteiger partial charge on any atom is -0.0380 e. The van der Waals surface area contributed by atoms with Gasteiger partial charge in [-0.3, -0.25) is 0 Å². The molecule has 64 valence electrons. The lowest BCUT2D eigenvalue weighted by Gasteiger charge is -2.12. The first-order valence-electron chi connectivity index (χ1n) is 5.25. The Hall–Kier alpha value is 0. The first-order chi connectivity index (χ1) is 5.25. The molecular formula is C11H20. The number of hydrogen-bond donors (Lipinski definition) is 0. The molecule has 2 atom stereocenters. The largest absolute Gasteiger partial charge is 0.0628 e. The van der Waals surface area contributed by atoms with E-state index in [9.17, 15) is 0 Å². The van der Waals surface area contributed by atoms with Crippen molar-refractivity contribution in [2.75, 3.05) is 0 Å². The summed E-state index contributed by atoms with van der Waals surface area (Å²) in [6, 6.07) is 0. The number of rotatable bonds is 3. The Labute approximate surface area is 70.4 Å². The summed E-state index contributed by atoms with van der Waals surface area (Å²) in [6.45, 7) is 4.69. The van der Waals surface area contributed by atoms with Gasteiger partial charge in [-0.25, -0.2) is 0 Å². The molecule has 0 heterocycles. The highest BCUT2D eigenvalue weighted by Gasteiger charge is 2.45. The van der Waals surface area contributed by atoms with Crippen LogP contribution in [0, 0.1) is 23.7 Å². The molecule has 2 unspecified atom stereocenters. The van der Waals surface area contributed by atoms with E-state index in [4.69, 9.17) is 0 Å². The van der Waals surface area contributed by atoms with Gasteiger partial charge < -0.3 is 0 Å². The molecule has 0 radical (unpaired) electrons. The standard InChI is InChI=1S/C11H20/c1-8(2)3-4-9-5-10-7-11(10)6-9/h8-11H,3-7H2,1-2H3. The lowest BCUT2D eigenvalue weighted by molar-refractivity contribution is 0.402. The van der Waals surface area contributed by atoms with Crippen molar-refractivity contribution in [1.82, 2.24) is 0 Å². The normalized spacial score (nSPS) is 41.2. The molecule has 0 amide bonds. The molecule has 2 aliphatic rings. The fraction of sp³-hybridized carbons (Fsp3) is 1.00. The molecule has 0 nitrogen and oxygen atoms in total. The Morgan fingerprint density at radius 2 is 1.73 bits per heavy atom. The van der Waals surface area contributed by atoms with Crippen molar-refractivity contribution in [3.05, 3.63) is 0 Å². The molecule has 2 aliphatic carbocycles. The third kappa shape index (κ3) is 1.77.